The molecule has 0 saturated heterocycles. The lowest BCUT2D eigenvalue weighted by Gasteiger charge is -2.22. The normalized spacial score (nSPS) is 16.1. The summed E-state index contributed by atoms with van der Waals surface area (Å²) in [6.45, 7) is 1.67. The molecule has 2 heterocycles. The van der Waals surface area contributed by atoms with E-state index >= 15 is 0 Å². The Labute approximate surface area is 169 Å². The second kappa shape index (κ2) is 8.24. The van der Waals surface area contributed by atoms with E-state index in [9.17, 15) is 9.59 Å². The minimum atomic E-state index is -0.101. The summed E-state index contributed by atoms with van der Waals surface area (Å²) in [5, 5.41) is 7.78. The predicted octanol–water partition coefficient (Wildman–Crippen LogP) is 1.77. The van der Waals surface area contributed by atoms with Crippen molar-refractivity contribution < 1.29 is 9.53 Å². The van der Waals surface area contributed by atoms with E-state index in [2.05, 4.69) is 16.6 Å². The number of methoxy groups -OCH3 is 1. The van der Waals surface area contributed by atoms with Crippen LogP contribution in [0.1, 0.15) is 36.6 Å². The van der Waals surface area contributed by atoms with Crippen LogP contribution in [0.15, 0.2) is 35.3 Å². The van der Waals surface area contributed by atoms with E-state index in [0.29, 0.717) is 19.7 Å². The van der Waals surface area contributed by atoms with Crippen LogP contribution >= 0.6 is 0 Å². The van der Waals surface area contributed by atoms with Crippen molar-refractivity contribution in [3.63, 3.8) is 0 Å². The van der Waals surface area contributed by atoms with E-state index in [1.54, 1.807) is 23.3 Å². The van der Waals surface area contributed by atoms with Crippen molar-refractivity contribution in [2.75, 3.05) is 13.7 Å². The third-order valence-electron chi connectivity index (χ3n) is 5.61. The number of nitrogens with one attached hydrogen (secondary N) is 1. The van der Waals surface area contributed by atoms with Crippen molar-refractivity contribution in [3.05, 3.63) is 52.2 Å². The molecule has 0 bridgehead atoms. The molecular weight excluding hydrogens is 370 g/mol. The van der Waals surface area contributed by atoms with Gasteiger partial charge in [0.25, 0.3) is 0 Å². The minimum Gasteiger partial charge on any atom is -0.383 e. The molecule has 4 rings (SSSR count). The summed E-state index contributed by atoms with van der Waals surface area (Å²) in [4.78, 5) is 25.2. The molecule has 1 aromatic carbocycles. The number of benzene rings is 1. The molecule has 1 unspecified atom stereocenters. The van der Waals surface area contributed by atoms with E-state index in [0.717, 1.165) is 36.0 Å². The SMILES string of the molecule is COCCn1cc2c(n1)C(NC(=O)CCn1c(=O)n(C)c3ccccc31)CCC2. The summed E-state index contributed by atoms with van der Waals surface area (Å²) < 4.78 is 10.3. The quantitative estimate of drug-likeness (QED) is 0.659. The number of ether oxygens (including phenoxy) is 1. The molecule has 0 saturated carbocycles. The molecule has 2 aromatic heterocycles. The molecule has 8 heteroatoms. The molecule has 1 N–H and O–H groups in total. The highest BCUT2D eigenvalue weighted by Crippen LogP contribution is 2.28. The Bertz CT molecular complexity index is 1080. The second-order valence-electron chi connectivity index (χ2n) is 7.54. The number of aryl methyl sites for hydroxylation is 3. The molecule has 0 fully saturated rings. The summed E-state index contributed by atoms with van der Waals surface area (Å²) in [6, 6.07) is 7.57. The zero-order valence-electron chi connectivity index (χ0n) is 16.9. The number of nitrogens with zero attached hydrogens (tertiary/aromatic N) is 4. The van der Waals surface area contributed by atoms with E-state index in [1.165, 1.54) is 5.56 Å². The Morgan fingerprint density at radius 3 is 2.86 bits per heavy atom. The zero-order valence-corrected chi connectivity index (χ0v) is 16.9. The Balaban J connectivity index is 1.43. The van der Waals surface area contributed by atoms with Gasteiger partial charge in [-0.15, -0.1) is 0 Å². The first-order valence-electron chi connectivity index (χ1n) is 10.1. The fourth-order valence-corrected chi connectivity index (χ4v) is 4.10. The van der Waals surface area contributed by atoms with Crippen LogP contribution in [0.2, 0.25) is 0 Å². The number of hydrogen-bond donors (Lipinski definition) is 1. The van der Waals surface area contributed by atoms with Crippen LogP contribution in [0, 0.1) is 0 Å². The number of fused-ring (bicyclic) bond motifs is 2. The van der Waals surface area contributed by atoms with Crippen LogP contribution in [-0.2, 0) is 36.1 Å². The number of para-hydroxylation sites is 2. The number of rotatable bonds is 7. The van der Waals surface area contributed by atoms with E-state index in [4.69, 9.17) is 4.74 Å². The fourth-order valence-electron chi connectivity index (χ4n) is 4.10. The summed E-state index contributed by atoms with van der Waals surface area (Å²) in [5.74, 6) is -0.0610. The molecule has 29 heavy (non-hydrogen) atoms. The number of carbonyl (C=O) groups is 1. The number of hydrogen-bond acceptors (Lipinski definition) is 4. The summed E-state index contributed by atoms with van der Waals surface area (Å²) in [5.41, 5.74) is 3.78. The van der Waals surface area contributed by atoms with Gasteiger partial charge in [-0.1, -0.05) is 12.1 Å². The lowest BCUT2D eigenvalue weighted by molar-refractivity contribution is -0.122. The van der Waals surface area contributed by atoms with Crippen LogP contribution in [0.3, 0.4) is 0 Å². The van der Waals surface area contributed by atoms with Crippen molar-refractivity contribution in [1.82, 2.24) is 24.2 Å². The van der Waals surface area contributed by atoms with Crippen LogP contribution in [0.5, 0.6) is 0 Å². The molecule has 1 atom stereocenters. The van der Waals surface area contributed by atoms with Gasteiger partial charge in [0.05, 0.1) is 35.9 Å². The zero-order chi connectivity index (χ0) is 20.4. The Morgan fingerprint density at radius 1 is 1.28 bits per heavy atom. The maximum atomic E-state index is 12.6. The molecule has 0 spiro atoms. The van der Waals surface area contributed by atoms with Gasteiger partial charge < -0.3 is 10.1 Å². The molecule has 1 amide bonds. The van der Waals surface area contributed by atoms with Gasteiger partial charge in [-0.2, -0.15) is 5.10 Å². The summed E-state index contributed by atoms with van der Waals surface area (Å²) in [7, 11) is 3.43. The molecule has 1 aliphatic carbocycles. The maximum Gasteiger partial charge on any atom is 0.328 e. The third-order valence-corrected chi connectivity index (χ3v) is 5.61. The average Bonchev–Trinajstić information content (AvgIpc) is 3.25. The molecule has 3 aromatic rings. The van der Waals surface area contributed by atoms with Gasteiger partial charge in [-0.25, -0.2) is 4.79 Å². The standard InChI is InChI=1S/C21H27N5O3/c1-24-17-8-3-4-9-18(17)26(21(24)28)11-10-19(27)22-16-7-5-6-15-14-25(12-13-29-2)23-20(15)16/h3-4,8-9,14,16H,5-7,10-13H2,1-2H3,(H,22,27). The number of carbonyl (C=O) groups excluding carboxylic acids is 1. The van der Waals surface area contributed by atoms with Crippen molar-refractivity contribution in [1.29, 1.82) is 0 Å². The van der Waals surface area contributed by atoms with Gasteiger partial charge in [-0.05, 0) is 37.0 Å². The third kappa shape index (κ3) is 3.85. The average molecular weight is 397 g/mol. The van der Waals surface area contributed by atoms with Crippen molar-refractivity contribution in [3.8, 4) is 0 Å². The van der Waals surface area contributed by atoms with Gasteiger partial charge in [0, 0.05) is 33.3 Å². The van der Waals surface area contributed by atoms with E-state index < -0.39 is 0 Å². The molecule has 0 radical (unpaired) electrons. The maximum absolute atomic E-state index is 12.6. The first kappa shape index (κ1) is 19.4. The molecular formula is C21H27N5O3. The largest absolute Gasteiger partial charge is 0.383 e. The number of imidazole rings is 1. The van der Waals surface area contributed by atoms with Crippen molar-refractivity contribution in [2.45, 2.75) is 44.8 Å². The lowest BCUT2D eigenvalue weighted by Crippen LogP contribution is -2.32. The van der Waals surface area contributed by atoms with Gasteiger partial charge in [0.1, 0.15) is 0 Å². The van der Waals surface area contributed by atoms with Crippen molar-refractivity contribution >= 4 is 16.9 Å². The smallest absolute Gasteiger partial charge is 0.328 e. The second-order valence-corrected chi connectivity index (χ2v) is 7.54. The van der Waals surface area contributed by atoms with E-state index in [1.807, 2.05) is 28.9 Å². The van der Waals surface area contributed by atoms with Crippen LogP contribution in [-0.4, -0.2) is 38.5 Å². The highest BCUT2D eigenvalue weighted by Gasteiger charge is 2.25. The van der Waals surface area contributed by atoms with Gasteiger partial charge in [-0.3, -0.25) is 18.6 Å². The fraction of sp³-hybridized carbons (Fsp3) is 0.476. The summed E-state index contributed by atoms with van der Waals surface area (Å²) in [6.07, 6.45) is 5.21. The Kier molecular flexibility index (Phi) is 5.53. The summed E-state index contributed by atoms with van der Waals surface area (Å²) >= 11 is 0. The molecule has 1 aliphatic rings. The topological polar surface area (TPSA) is 83.1 Å². The Hall–Kier alpha value is -2.87. The van der Waals surface area contributed by atoms with Gasteiger partial charge in [0.15, 0.2) is 0 Å². The highest BCUT2D eigenvalue weighted by molar-refractivity contribution is 5.78. The van der Waals surface area contributed by atoms with Gasteiger partial charge in [0.2, 0.25) is 5.91 Å². The monoisotopic (exact) mass is 397 g/mol. The van der Waals surface area contributed by atoms with Crippen LogP contribution < -0.4 is 11.0 Å². The van der Waals surface area contributed by atoms with Crippen LogP contribution in [0.25, 0.3) is 11.0 Å². The molecule has 8 nitrogen and oxygen atoms in total. The lowest BCUT2D eigenvalue weighted by atomic mass is 9.93. The molecule has 0 aliphatic heterocycles. The Morgan fingerprint density at radius 2 is 2.07 bits per heavy atom. The first-order chi connectivity index (χ1) is 14.1. The minimum absolute atomic E-state index is 0.0610. The van der Waals surface area contributed by atoms with Gasteiger partial charge >= 0.3 is 5.69 Å². The van der Waals surface area contributed by atoms with E-state index in [-0.39, 0.29) is 24.1 Å². The highest BCUT2D eigenvalue weighted by atomic mass is 16.5. The number of amides is 1. The first-order valence-corrected chi connectivity index (χ1v) is 10.1. The number of aromatic nitrogens is 4. The van der Waals surface area contributed by atoms with Crippen molar-refractivity contribution in [2.24, 2.45) is 7.05 Å². The van der Waals surface area contributed by atoms with Crippen LogP contribution in [0.4, 0.5) is 0 Å². The molecule has 154 valence electrons. The predicted molar refractivity (Wildman–Crippen MR) is 110 cm³/mol.